The number of nitrogens with two attached hydrogens (primary N) is 1. The van der Waals surface area contributed by atoms with Crippen molar-refractivity contribution in [2.75, 3.05) is 5.32 Å². The number of carbonyl (C=O) groups excluding carboxylic acids is 3. The van der Waals surface area contributed by atoms with E-state index in [-0.39, 0.29) is 0 Å². The van der Waals surface area contributed by atoms with Crippen LogP contribution in [0.1, 0.15) is 20.8 Å². The first-order valence-electron chi connectivity index (χ1n) is 6.46. The summed E-state index contributed by atoms with van der Waals surface area (Å²) in [7, 11) is 1.71. The van der Waals surface area contributed by atoms with Gasteiger partial charge in [-0.2, -0.15) is 0 Å². The van der Waals surface area contributed by atoms with E-state index in [1.807, 2.05) is 0 Å². The molecule has 0 aliphatic heterocycles. The smallest absolute Gasteiger partial charge is 0.316 e. The summed E-state index contributed by atoms with van der Waals surface area (Å²) in [5.41, 5.74) is 10.8. The van der Waals surface area contributed by atoms with Gasteiger partial charge in [0.1, 0.15) is 5.69 Å². The third kappa shape index (κ3) is 4.33. The molecular formula is C14H14BrN5O3. The van der Waals surface area contributed by atoms with Crippen molar-refractivity contribution in [3.8, 4) is 0 Å². The highest BCUT2D eigenvalue weighted by molar-refractivity contribution is 9.10. The number of halogens is 1. The maximum atomic E-state index is 12.0. The second-order valence-electron chi connectivity index (χ2n) is 4.63. The van der Waals surface area contributed by atoms with Crippen LogP contribution >= 0.6 is 15.9 Å². The number of rotatable bonds is 3. The molecule has 8 nitrogen and oxygen atoms in total. The Balaban J connectivity index is 1.95. The molecule has 120 valence electrons. The van der Waals surface area contributed by atoms with Crippen molar-refractivity contribution in [3.05, 3.63) is 52.3 Å². The van der Waals surface area contributed by atoms with Crippen LogP contribution in [0, 0.1) is 0 Å². The van der Waals surface area contributed by atoms with E-state index in [1.165, 1.54) is 24.3 Å². The normalized spacial score (nSPS) is 10.0. The Labute approximate surface area is 140 Å². The molecule has 23 heavy (non-hydrogen) atoms. The molecule has 9 heteroatoms. The highest BCUT2D eigenvalue weighted by Gasteiger charge is 2.12. The van der Waals surface area contributed by atoms with Crippen molar-refractivity contribution in [2.24, 2.45) is 12.8 Å². The lowest BCUT2D eigenvalue weighted by Crippen LogP contribution is -2.42. The van der Waals surface area contributed by atoms with Crippen molar-refractivity contribution in [2.45, 2.75) is 0 Å². The van der Waals surface area contributed by atoms with E-state index in [2.05, 4.69) is 32.1 Å². The molecule has 1 aromatic carbocycles. The fourth-order valence-electron chi connectivity index (χ4n) is 1.85. The lowest BCUT2D eigenvalue weighted by Gasteiger charge is -2.08. The van der Waals surface area contributed by atoms with Gasteiger partial charge in [0.25, 0.3) is 11.8 Å². The molecule has 0 fully saturated rings. The first-order valence-corrected chi connectivity index (χ1v) is 7.25. The molecule has 1 heterocycles. The quantitative estimate of drug-likeness (QED) is 0.602. The molecule has 5 N–H and O–H groups in total. The number of anilines is 1. The van der Waals surface area contributed by atoms with Gasteiger partial charge in [0.2, 0.25) is 0 Å². The predicted octanol–water partition coefficient (Wildman–Crippen LogP) is 1.35. The molecule has 0 saturated heterocycles. The van der Waals surface area contributed by atoms with Gasteiger partial charge in [-0.1, -0.05) is 0 Å². The van der Waals surface area contributed by atoms with Crippen molar-refractivity contribution in [1.82, 2.24) is 15.4 Å². The van der Waals surface area contributed by atoms with Crippen molar-refractivity contribution >= 4 is 39.5 Å². The summed E-state index contributed by atoms with van der Waals surface area (Å²) in [6.07, 6.45) is 1.72. The average molecular weight is 380 g/mol. The summed E-state index contributed by atoms with van der Waals surface area (Å²) >= 11 is 3.26. The highest BCUT2D eigenvalue weighted by Crippen LogP contribution is 2.13. The Morgan fingerprint density at radius 3 is 2.22 bits per heavy atom. The van der Waals surface area contributed by atoms with Crippen molar-refractivity contribution in [3.63, 3.8) is 0 Å². The van der Waals surface area contributed by atoms with Crippen LogP contribution in [-0.4, -0.2) is 22.4 Å². The minimum Gasteiger partial charge on any atom is -0.351 e. The summed E-state index contributed by atoms with van der Waals surface area (Å²) in [5.74, 6) is -0.934. The lowest BCUT2D eigenvalue weighted by atomic mass is 10.2. The largest absolute Gasteiger partial charge is 0.351 e. The molecule has 4 amide bonds. The maximum Gasteiger partial charge on any atom is 0.316 e. The van der Waals surface area contributed by atoms with Crippen LogP contribution in [0.5, 0.6) is 0 Å². The Kier molecular flexibility index (Phi) is 5.02. The van der Waals surface area contributed by atoms with Gasteiger partial charge in [-0.05, 0) is 46.3 Å². The van der Waals surface area contributed by atoms with E-state index in [4.69, 9.17) is 5.73 Å². The summed E-state index contributed by atoms with van der Waals surface area (Å²) < 4.78 is 2.38. The highest BCUT2D eigenvalue weighted by atomic mass is 79.9. The van der Waals surface area contributed by atoms with Gasteiger partial charge in [-0.15, -0.1) is 0 Å². The molecular weight excluding hydrogens is 366 g/mol. The second-order valence-corrected chi connectivity index (χ2v) is 5.54. The van der Waals surface area contributed by atoms with Crippen LogP contribution in [0.25, 0.3) is 0 Å². The van der Waals surface area contributed by atoms with Gasteiger partial charge in [0, 0.05) is 29.0 Å². The number of nitrogens with one attached hydrogen (secondary N) is 3. The van der Waals surface area contributed by atoms with Gasteiger partial charge in [-0.25, -0.2) is 4.79 Å². The molecule has 0 radical (unpaired) electrons. The van der Waals surface area contributed by atoms with Crippen LogP contribution < -0.4 is 21.9 Å². The van der Waals surface area contributed by atoms with Gasteiger partial charge in [-0.3, -0.25) is 20.4 Å². The number of nitrogens with zero attached hydrogens (tertiary/aromatic N) is 1. The Bertz CT molecular complexity index is 754. The zero-order valence-corrected chi connectivity index (χ0v) is 13.7. The number of urea groups is 1. The molecule has 0 atom stereocenters. The molecule has 1 aromatic heterocycles. The standard InChI is InChI=1S/C14H14BrN5O3/c1-20-7-9(15)6-11(20)13(22)19-18-12(21)8-2-4-10(5-3-8)17-14(16)23/h2-7H,1H3,(H,18,21)(H,19,22)(H3,16,17,23). The van der Waals surface area contributed by atoms with E-state index in [9.17, 15) is 14.4 Å². The number of amides is 4. The number of primary amides is 1. The van der Waals surface area contributed by atoms with E-state index in [0.29, 0.717) is 16.9 Å². The molecule has 2 rings (SSSR count). The SMILES string of the molecule is Cn1cc(Br)cc1C(=O)NNC(=O)c1ccc(NC(N)=O)cc1. The fourth-order valence-corrected chi connectivity index (χ4v) is 2.37. The van der Waals surface area contributed by atoms with E-state index in [0.717, 1.165) is 4.47 Å². The molecule has 0 saturated carbocycles. The molecule has 0 aliphatic rings. The maximum absolute atomic E-state index is 12.0. The number of hydrazine groups is 1. The molecule has 0 spiro atoms. The third-order valence-corrected chi connectivity index (χ3v) is 3.34. The Morgan fingerprint density at radius 1 is 1.09 bits per heavy atom. The predicted molar refractivity (Wildman–Crippen MR) is 87.7 cm³/mol. The summed E-state index contributed by atoms with van der Waals surface area (Å²) in [6.45, 7) is 0. The number of benzene rings is 1. The minimum absolute atomic E-state index is 0.313. The number of hydrogen-bond donors (Lipinski definition) is 4. The summed E-state index contributed by atoms with van der Waals surface area (Å²) in [6, 6.07) is 6.97. The zero-order chi connectivity index (χ0) is 17.0. The first kappa shape index (κ1) is 16.6. The molecule has 2 aromatic rings. The fraction of sp³-hybridized carbons (Fsp3) is 0.0714. The minimum atomic E-state index is -0.691. The summed E-state index contributed by atoms with van der Waals surface area (Å²) in [4.78, 5) is 34.6. The van der Waals surface area contributed by atoms with Crippen LogP contribution in [0.4, 0.5) is 10.5 Å². The van der Waals surface area contributed by atoms with Crippen LogP contribution in [0.2, 0.25) is 0 Å². The van der Waals surface area contributed by atoms with Crippen molar-refractivity contribution < 1.29 is 14.4 Å². The van der Waals surface area contributed by atoms with E-state index in [1.54, 1.807) is 23.9 Å². The van der Waals surface area contributed by atoms with Crippen LogP contribution in [-0.2, 0) is 7.05 Å². The monoisotopic (exact) mass is 379 g/mol. The van der Waals surface area contributed by atoms with E-state index < -0.39 is 17.8 Å². The lowest BCUT2D eigenvalue weighted by molar-refractivity contribution is 0.0842. The van der Waals surface area contributed by atoms with E-state index >= 15 is 0 Å². The Morgan fingerprint density at radius 2 is 1.70 bits per heavy atom. The second kappa shape index (κ2) is 6.97. The topological polar surface area (TPSA) is 118 Å². The number of carbonyl (C=O) groups is 3. The zero-order valence-electron chi connectivity index (χ0n) is 12.1. The van der Waals surface area contributed by atoms with Gasteiger partial charge in [0.05, 0.1) is 0 Å². The molecule has 0 aliphatic carbocycles. The summed E-state index contributed by atoms with van der Waals surface area (Å²) in [5, 5.41) is 2.38. The van der Waals surface area contributed by atoms with Crippen LogP contribution in [0.15, 0.2) is 41.0 Å². The Hall–Kier alpha value is -2.81. The van der Waals surface area contributed by atoms with Gasteiger partial charge in [0.15, 0.2) is 0 Å². The van der Waals surface area contributed by atoms with Crippen molar-refractivity contribution in [1.29, 1.82) is 0 Å². The van der Waals surface area contributed by atoms with Crippen LogP contribution in [0.3, 0.4) is 0 Å². The van der Waals surface area contributed by atoms with Gasteiger partial charge >= 0.3 is 6.03 Å². The number of aryl methyl sites for hydroxylation is 1. The number of hydrogen-bond acceptors (Lipinski definition) is 3. The van der Waals surface area contributed by atoms with Gasteiger partial charge < -0.3 is 15.6 Å². The molecule has 0 unspecified atom stereocenters. The first-order chi connectivity index (χ1) is 10.9. The third-order valence-electron chi connectivity index (χ3n) is 2.91. The average Bonchev–Trinajstić information content (AvgIpc) is 2.83. The molecule has 0 bridgehead atoms. The number of aromatic nitrogens is 1.